The van der Waals surface area contributed by atoms with Crippen LogP contribution in [0.25, 0.3) is 0 Å². The lowest BCUT2D eigenvalue weighted by Crippen LogP contribution is -2.49. The molecule has 0 spiro atoms. The van der Waals surface area contributed by atoms with Crippen molar-refractivity contribution in [3.8, 4) is 0 Å². The zero-order chi connectivity index (χ0) is 15.2. The molecule has 23 heavy (non-hydrogen) atoms. The molecule has 0 aromatic carbocycles. The van der Waals surface area contributed by atoms with E-state index in [1.165, 1.54) is 32.1 Å². The first-order valence-electron chi connectivity index (χ1n) is 9.04. The molecule has 0 amide bonds. The van der Waals surface area contributed by atoms with E-state index in [9.17, 15) is 0 Å². The van der Waals surface area contributed by atoms with Gasteiger partial charge in [-0.15, -0.1) is 24.0 Å². The second-order valence-corrected chi connectivity index (χ2v) is 6.88. The van der Waals surface area contributed by atoms with Gasteiger partial charge in [-0.1, -0.05) is 0 Å². The molecule has 3 aliphatic rings. The van der Waals surface area contributed by atoms with Crippen LogP contribution >= 0.6 is 24.0 Å². The summed E-state index contributed by atoms with van der Waals surface area (Å²) in [6.45, 7) is 4.86. The van der Waals surface area contributed by atoms with Crippen LogP contribution in [-0.2, 0) is 9.47 Å². The minimum atomic E-state index is 0. The van der Waals surface area contributed by atoms with E-state index in [1.807, 2.05) is 7.05 Å². The molecule has 1 saturated carbocycles. The number of nitrogens with one attached hydrogen (secondary N) is 1. The van der Waals surface area contributed by atoms with Gasteiger partial charge in [-0.05, 0) is 50.9 Å². The Labute approximate surface area is 157 Å². The standard InChI is InChI=1S/C17H31N3O2.HI/c1-18-17(19-12-16-4-2-3-11-21-16)20-9-7-15(8-10-20)22-13-14-5-6-14;/h14-16H,2-13H2,1H3,(H,18,19);1H. The van der Waals surface area contributed by atoms with Crippen LogP contribution in [0.4, 0.5) is 0 Å². The lowest BCUT2D eigenvalue weighted by atomic mass is 10.1. The largest absolute Gasteiger partial charge is 0.378 e. The maximum absolute atomic E-state index is 6.02. The Balaban J connectivity index is 0.00000192. The second-order valence-electron chi connectivity index (χ2n) is 6.88. The molecule has 1 unspecified atom stereocenters. The van der Waals surface area contributed by atoms with Crippen LogP contribution in [0.5, 0.6) is 0 Å². The summed E-state index contributed by atoms with van der Waals surface area (Å²) in [5.74, 6) is 1.89. The SMILES string of the molecule is CN=C(NCC1CCCCO1)N1CCC(OCC2CC2)CC1.I. The van der Waals surface area contributed by atoms with Gasteiger partial charge in [0.05, 0.1) is 12.2 Å². The number of hydrogen-bond donors (Lipinski definition) is 1. The Morgan fingerprint density at radius 1 is 1.17 bits per heavy atom. The van der Waals surface area contributed by atoms with Crippen molar-refractivity contribution in [1.82, 2.24) is 10.2 Å². The number of guanidine groups is 1. The molecular formula is C17H32IN3O2. The monoisotopic (exact) mass is 437 g/mol. The Bertz CT molecular complexity index is 363. The second kappa shape index (κ2) is 10.0. The van der Waals surface area contributed by atoms with E-state index >= 15 is 0 Å². The Hall–Kier alpha value is -0.0800. The molecule has 1 atom stereocenters. The van der Waals surface area contributed by atoms with Gasteiger partial charge in [0.2, 0.25) is 0 Å². The fourth-order valence-corrected chi connectivity index (χ4v) is 3.30. The van der Waals surface area contributed by atoms with Crippen LogP contribution in [0, 0.1) is 5.92 Å². The minimum Gasteiger partial charge on any atom is -0.378 e. The van der Waals surface area contributed by atoms with Gasteiger partial charge in [0.1, 0.15) is 0 Å². The fourth-order valence-electron chi connectivity index (χ4n) is 3.30. The van der Waals surface area contributed by atoms with Crippen LogP contribution in [0.1, 0.15) is 44.9 Å². The summed E-state index contributed by atoms with van der Waals surface area (Å²) in [4.78, 5) is 6.80. The highest BCUT2D eigenvalue weighted by molar-refractivity contribution is 14.0. The van der Waals surface area contributed by atoms with Crippen LogP contribution in [0.2, 0.25) is 0 Å². The van der Waals surface area contributed by atoms with Gasteiger partial charge in [-0.25, -0.2) is 0 Å². The topological polar surface area (TPSA) is 46.1 Å². The van der Waals surface area contributed by atoms with Gasteiger partial charge in [0.25, 0.3) is 0 Å². The number of aliphatic imine (C=N–C) groups is 1. The number of ether oxygens (including phenoxy) is 2. The van der Waals surface area contributed by atoms with E-state index < -0.39 is 0 Å². The fraction of sp³-hybridized carbons (Fsp3) is 0.941. The molecule has 0 aromatic heterocycles. The maximum atomic E-state index is 6.02. The molecule has 1 N–H and O–H groups in total. The van der Waals surface area contributed by atoms with Crippen molar-refractivity contribution >= 4 is 29.9 Å². The van der Waals surface area contributed by atoms with Crippen LogP contribution in [0.3, 0.4) is 0 Å². The number of hydrogen-bond acceptors (Lipinski definition) is 3. The highest BCUT2D eigenvalue weighted by Gasteiger charge is 2.26. The number of nitrogens with zero attached hydrogens (tertiary/aromatic N) is 2. The van der Waals surface area contributed by atoms with E-state index in [0.717, 1.165) is 57.6 Å². The molecule has 3 rings (SSSR count). The van der Waals surface area contributed by atoms with E-state index in [-0.39, 0.29) is 24.0 Å². The predicted molar refractivity (Wildman–Crippen MR) is 104 cm³/mol. The average Bonchev–Trinajstić information content (AvgIpc) is 3.40. The van der Waals surface area contributed by atoms with E-state index in [1.54, 1.807) is 0 Å². The van der Waals surface area contributed by atoms with Crippen molar-refractivity contribution in [2.24, 2.45) is 10.9 Å². The normalized spacial score (nSPS) is 26.7. The third-order valence-corrected chi connectivity index (χ3v) is 4.98. The van der Waals surface area contributed by atoms with Crippen molar-refractivity contribution < 1.29 is 9.47 Å². The van der Waals surface area contributed by atoms with Gasteiger partial charge < -0.3 is 19.7 Å². The van der Waals surface area contributed by atoms with Crippen molar-refractivity contribution in [1.29, 1.82) is 0 Å². The molecule has 2 saturated heterocycles. The number of rotatable bonds is 5. The minimum absolute atomic E-state index is 0. The van der Waals surface area contributed by atoms with Crippen molar-refractivity contribution in [3.05, 3.63) is 0 Å². The van der Waals surface area contributed by atoms with Gasteiger partial charge in [0.15, 0.2) is 5.96 Å². The van der Waals surface area contributed by atoms with Crippen molar-refractivity contribution in [2.45, 2.75) is 57.2 Å². The predicted octanol–water partition coefficient (Wildman–Crippen LogP) is 2.64. The zero-order valence-corrected chi connectivity index (χ0v) is 16.7. The van der Waals surface area contributed by atoms with Crippen LogP contribution in [-0.4, -0.2) is 63.0 Å². The summed E-state index contributed by atoms with van der Waals surface area (Å²) < 4.78 is 11.8. The Kier molecular flexibility index (Phi) is 8.40. The molecule has 6 heteroatoms. The molecule has 3 fully saturated rings. The summed E-state index contributed by atoms with van der Waals surface area (Å²) >= 11 is 0. The summed E-state index contributed by atoms with van der Waals surface area (Å²) in [7, 11) is 1.87. The van der Waals surface area contributed by atoms with Crippen molar-refractivity contribution in [2.75, 3.05) is 39.9 Å². The first kappa shape index (κ1) is 19.2. The van der Waals surface area contributed by atoms with Crippen LogP contribution in [0.15, 0.2) is 4.99 Å². The lowest BCUT2D eigenvalue weighted by molar-refractivity contribution is 0.0110. The summed E-state index contributed by atoms with van der Waals surface area (Å²) in [5, 5.41) is 3.49. The smallest absolute Gasteiger partial charge is 0.193 e. The molecule has 2 heterocycles. The van der Waals surface area contributed by atoms with Gasteiger partial charge in [-0.3, -0.25) is 4.99 Å². The van der Waals surface area contributed by atoms with Crippen molar-refractivity contribution in [3.63, 3.8) is 0 Å². The molecular weight excluding hydrogens is 405 g/mol. The highest BCUT2D eigenvalue weighted by Crippen LogP contribution is 2.30. The summed E-state index contributed by atoms with van der Waals surface area (Å²) in [5.41, 5.74) is 0. The summed E-state index contributed by atoms with van der Waals surface area (Å²) in [6, 6.07) is 0. The molecule has 134 valence electrons. The van der Waals surface area contributed by atoms with E-state index in [2.05, 4.69) is 15.2 Å². The van der Waals surface area contributed by atoms with Gasteiger partial charge in [0, 0.05) is 39.9 Å². The third kappa shape index (κ3) is 6.38. The zero-order valence-electron chi connectivity index (χ0n) is 14.3. The van der Waals surface area contributed by atoms with Gasteiger partial charge >= 0.3 is 0 Å². The third-order valence-electron chi connectivity index (χ3n) is 4.98. The number of likely N-dealkylation sites (tertiary alicyclic amines) is 1. The lowest BCUT2D eigenvalue weighted by Gasteiger charge is -2.35. The average molecular weight is 437 g/mol. The number of piperidine rings is 1. The molecule has 0 radical (unpaired) electrons. The van der Waals surface area contributed by atoms with Crippen LogP contribution < -0.4 is 5.32 Å². The molecule has 0 bridgehead atoms. The molecule has 5 nitrogen and oxygen atoms in total. The van der Waals surface area contributed by atoms with E-state index in [4.69, 9.17) is 9.47 Å². The maximum Gasteiger partial charge on any atom is 0.193 e. The molecule has 2 aliphatic heterocycles. The highest BCUT2D eigenvalue weighted by atomic mass is 127. The Morgan fingerprint density at radius 2 is 1.96 bits per heavy atom. The van der Waals surface area contributed by atoms with E-state index in [0.29, 0.717) is 12.2 Å². The molecule has 0 aromatic rings. The quantitative estimate of drug-likeness (QED) is 0.408. The first-order valence-corrected chi connectivity index (χ1v) is 9.04. The number of halogens is 1. The summed E-state index contributed by atoms with van der Waals surface area (Å²) in [6.07, 6.45) is 9.45. The Morgan fingerprint density at radius 3 is 2.57 bits per heavy atom. The van der Waals surface area contributed by atoms with Gasteiger partial charge in [-0.2, -0.15) is 0 Å². The molecule has 1 aliphatic carbocycles. The first-order chi connectivity index (χ1) is 10.8.